The molecule has 0 saturated heterocycles. The third-order valence-corrected chi connectivity index (χ3v) is 1.95. The largest absolute Gasteiger partial charge is 0.423 e. The van der Waals surface area contributed by atoms with Gasteiger partial charge >= 0.3 is 11.9 Å². The number of carbonyl (C=O) groups is 2. The Morgan fingerprint density at radius 2 is 1.71 bits per heavy atom. The van der Waals surface area contributed by atoms with E-state index in [9.17, 15) is 9.59 Å². The smallest absolute Gasteiger partial charge is 0.308 e. The molecule has 0 heterocycles. The molecule has 0 aliphatic heterocycles. The highest BCUT2D eigenvalue weighted by atomic mass is 16.6. The van der Waals surface area contributed by atoms with Crippen LogP contribution in [0.25, 0.3) is 0 Å². The van der Waals surface area contributed by atoms with Crippen LogP contribution in [0.15, 0.2) is 18.2 Å². The van der Waals surface area contributed by atoms with Crippen LogP contribution in [-0.4, -0.2) is 18.5 Å². The molecule has 0 amide bonds. The van der Waals surface area contributed by atoms with Crippen LogP contribution in [0.1, 0.15) is 19.4 Å². The molecule has 0 unspecified atom stereocenters. The van der Waals surface area contributed by atoms with Gasteiger partial charge in [-0.3, -0.25) is 9.59 Å². The highest BCUT2D eigenvalue weighted by molar-refractivity contribution is 5.73. The van der Waals surface area contributed by atoms with Gasteiger partial charge in [0.05, 0.1) is 0 Å². The van der Waals surface area contributed by atoms with Crippen molar-refractivity contribution in [2.75, 3.05) is 6.54 Å². The summed E-state index contributed by atoms with van der Waals surface area (Å²) in [5.74, 6) is -0.472. The van der Waals surface area contributed by atoms with Crippen LogP contribution >= 0.6 is 0 Å². The Labute approximate surface area is 99.5 Å². The van der Waals surface area contributed by atoms with Gasteiger partial charge in [0, 0.05) is 13.8 Å². The van der Waals surface area contributed by atoms with Crippen molar-refractivity contribution in [2.24, 2.45) is 5.73 Å². The van der Waals surface area contributed by atoms with Gasteiger partial charge in [0.2, 0.25) is 0 Å². The van der Waals surface area contributed by atoms with Crippen molar-refractivity contribution in [3.8, 4) is 11.5 Å². The molecule has 92 valence electrons. The Kier molecular flexibility index (Phi) is 4.66. The van der Waals surface area contributed by atoms with Crippen molar-refractivity contribution in [3.63, 3.8) is 0 Å². The number of hydrogen-bond donors (Lipinski definition) is 1. The first-order valence-electron chi connectivity index (χ1n) is 5.22. The van der Waals surface area contributed by atoms with E-state index in [-0.39, 0.29) is 11.5 Å². The molecule has 1 aromatic carbocycles. The van der Waals surface area contributed by atoms with E-state index in [1.807, 2.05) is 0 Å². The van der Waals surface area contributed by atoms with Crippen LogP contribution in [0.2, 0.25) is 0 Å². The number of carbonyl (C=O) groups excluding carboxylic acids is 2. The van der Waals surface area contributed by atoms with Crippen LogP contribution in [0, 0.1) is 0 Å². The van der Waals surface area contributed by atoms with Gasteiger partial charge < -0.3 is 15.2 Å². The predicted molar refractivity (Wildman–Crippen MR) is 61.8 cm³/mol. The average Bonchev–Trinajstić information content (AvgIpc) is 2.21. The minimum Gasteiger partial charge on any atom is -0.423 e. The Balaban J connectivity index is 3.02. The third-order valence-electron chi connectivity index (χ3n) is 1.95. The predicted octanol–water partition coefficient (Wildman–Crippen LogP) is 1.04. The average molecular weight is 237 g/mol. The van der Waals surface area contributed by atoms with E-state index < -0.39 is 11.9 Å². The first-order chi connectivity index (χ1) is 8.02. The molecule has 17 heavy (non-hydrogen) atoms. The summed E-state index contributed by atoms with van der Waals surface area (Å²) in [5, 5.41) is 0. The second-order valence-electron chi connectivity index (χ2n) is 3.51. The molecular weight excluding hydrogens is 222 g/mol. The fraction of sp³-hybridized carbons (Fsp3) is 0.333. The molecule has 0 atom stereocenters. The highest BCUT2D eigenvalue weighted by Gasteiger charge is 2.10. The van der Waals surface area contributed by atoms with Gasteiger partial charge in [-0.25, -0.2) is 0 Å². The molecule has 1 rings (SSSR count). The van der Waals surface area contributed by atoms with E-state index in [4.69, 9.17) is 15.2 Å². The SMILES string of the molecule is CC(=O)Oc1ccc(CCN)cc1OC(C)=O. The first kappa shape index (κ1) is 13.2. The Hall–Kier alpha value is -1.88. The number of benzene rings is 1. The van der Waals surface area contributed by atoms with Gasteiger partial charge in [0.15, 0.2) is 11.5 Å². The molecule has 0 bridgehead atoms. The summed E-state index contributed by atoms with van der Waals surface area (Å²) in [6.07, 6.45) is 0.661. The minimum atomic E-state index is -0.469. The lowest BCUT2D eigenvalue weighted by molar-refractivity contribution is -0.134. The lowest BCUT2D eigenvalue weighted by Gasteiger charge is -2.10. The molecule has 0 aromatic heterocycles. The van der Waals surface area contributed by atoms with E-state index in [0.717, 1.165) is 5.56 Å². The summed E-state index contributed by atoms with van der Waals surface area (Å²) in [7, 11) is 0. The summed E-state index contributed by atoms with van der Waals surface area (Å²) >= 11 is 0. The Morgan fingerprint density at radius 1 is 1.12 bits per heavy atom. The zero-order chi connectivity index (χ0) is 12.8. The fourth-order valence-corrected chi connectivity index (χ4v) is 1.35. The first-order valence-corrected chi connectivity index (χ1v) is 5.22. The minimum absolute atomic E-state index is 0.230. The maximum Gasteiger partial charge on any atom is 0.308 e. The van der Waals surface area contributed by atoms with Gasteiger partial charge in [-0.1, -0.05) is 6.07 Å². The fourth-order valence-electron chi connectivity index (χ4n) is 1.35. The summed E-state index contributed by atoms with van der Waals surface area (Å²) in [6.45, 7) is 3.06. The molecule has 0 aliphatic carbocycles. The monoisotopic (exact) mass is 237 g/mol. The van der Waals surface area contributed by atoms with E-state index in [1.165, 1.54) is 13.8 Å². The summed E-state index contributed by atoms with van der Waals surface area (Å²) < 4.78 is 9.91. The van der Waals surface area contributed by atoms with Crippen molar-refractivity contribution in [1.29, 1.82) is 0 Å². The van der Waals surface area contributed by atoms with Gasteiger partial charge in [-0.05, 0) is 30.7 Å². The summed E-state index contributed by atoms with van der Waals surface area (Å²) in [5.41, 5.74) is 6.35. The van der Waals surface area contributed by atoms with Gasteiger partial charge in [-0.15, -0.1) is 0 Å². The van der Waals surface area contributed by atoms with Crippen molar-refractivity contribution in [1.82, 2.24) is 0 Å². The number of esters is 2. The number of rotatable bonds is 4. The number of nitrogens with two attached hydrogens (primary N) is 1. The Bertz CT molecular complexity index is 429. The van der Waals surface area contributed by atoms with Crippen molar-refractivity contribution in [3.05, 3.63) is 23.8 Å². The van der Waals surface area contributed by atoms with E-state index in [2.05, 4.69) is 0 Å². The molecular formula is C12H15NO4. The van der Waals surface area contributed by atoms with Crippen LogP contribution in [0.5, 0.6) is 11.5 Å². The van der Waals surface area contributed by atoms with Crippen LogP contribution in [0.3, 0.4) is 0 Å². The topological polar surface area (TPSA) is 78.6 Å². The summed E-state index contributed by atoms with van der Waals surface area (Å²) in [6, 6.07) is 5.01. The van der Waals surface area contributed by atoms with Crippen molar-refractivity contribution < 1.29 is 19.1 Å². The quantitative estimate of drug-likeness (QED) is 0.625. The van der Waals surface area contributed by atoms with Crippen molar-refractivity contribution in [2.45, 2.75) is 20.3 Å². The van der Waals surface area contributed by atoms with E-state index >= 15 is 0 Å². The summed E-state index contributed by atoms with van der Waals surface area (Å²) in [4.78, 5) is 21.8. The van der Waals surface area contributed by atoms with E-state index in [0.29, 0.717) is 13.0 Å². The van der Waals surface area contributed by atoms with Gasteiger partial charge in [0.1, 0.15) is 0 Å². The number of ether oxygens (including phenoxy) is 2. The maximum absolute atomic E-state index is 10.9. The molecule has 2 N–H and O–H groups in total. The van der Waals surface area contributed by atoms with Crippen molar-refractivity contribution >= 4 is 11.9 Å². The van der Waals surface area contributed by atoms with Crippen LogP contribution in [0.4, 0.5) is 0 Å². The molecule has 5 heteroatoms. The van der Waals surface area contributed by atoms with Gasteiger partial charge in [0.25, 0.3) is 0 Å². The number of hydrogen-bond acceptors (Lipinski definition) is 5. The second kappa shape index (κ2) is 6.00. The molecule has 0 saturated carbocycles. The maximum atomic E-state index is 10.9. The second-order valence-corrected chi connectivity index (χ2v) is 3.51. The molecule has 5 nitrogen and oxygen atoms in total. The zero-order valence-electron chi connectivity index (χ0n) is 9.86. The molecule has 0 spiro atoms. The van der Waals surface area contributed by atoms with Crippen LogP contribution in [-0.2, 0) is 16.0 Å². The normalized spacial score (nSPS) is 9.82. The molecule has 0 fully saturated rings. The molecule has 0 radical (unpaired) electrons. The van der Waals surface area contributed by atoms with E-state index in [1.54, 1.807) is 18.2 Å². The van der Waals surface area contributed by atoms with Crippen LogP contribution < -0.4 is 15.2 Å². The third kappa shape index (κ3) is 4.24. The lowest BCUT2D eigenvalue weighted by atomic mass is 10.1. The van der Waals surface area contributed by atoms with Gasteiger partial charge in [-0.2, -0.15) is 0 Å². The lowest BCUT2D eigenvalue weighted by Crippen LogP contribution is -2.08. The molecule has 0 aliphatic rings. The Morgan fingerprint density at radius 3 is 2.24 bits per heavy atom. The standard InChI is InChI=1S/C12H15NO4/c1-8(14)16-11-4-3-10(5-6-13)7-12(11)17-9(2)15/h3-4,7H,5-6,13H2,1-2H3. The highest BCUT2D eigenvalue weighted by Crippen LogP contribution is 2.28. The zero-order valence-corrected chi connectivity index (χ0v) is 9.86. The molecule has 1 aromatic rings.